The number of carbonyl (C=O) groups excluding carboxylic acids is 2. The zero-order chi connectivity index (χ0) is 23.5. The monoisotopic (exact) mass is 436 g/mol. The third-order valence-electron chi connectivity index (χ3n) is 5.21. The fraction of sp³-hybridized carbons (Fsp3) is 0.423. The third-order valence-corrected chi connectivity index (χ3v) is 5.21. The summed E-state index contributed by atoms with van der Waals surface area (Å²) in [5.74, 6) is 0.142. The van der Waals surface area contributed by atoms with Gasteiger partial charge in [-0.05, 0) is 66.5 Å². The summed E-state index contributed by atoms with van der Waals surface area (Å²) in [6, 6.07) is 16.1. The maximum absolute atomic E-state index is 13.0. The maximum Gasteiger partial charge on any atom is 0.318 e. The Bertz CT molecular complexity index is 949. The molecule has 0 aliphatic rings. The molecule has 0 radical (unpaired) electrons. The molecule has 6 nitrogen and oxygen atoms in total. The number of rotatable bonds is 11. The van der Waals surface area contributed by atoms with Crippen LogP contribution in [0.15, 0.2) is 48.5 Å². The summed E-state index contributed by atoms with van der Waals surface area (Å²) in [6.07, 6.45) is 2.54. The molecule has 0 saturated carbocycles. The summed E-state index contributed by atoms with van der Waals surface area (Å²) in [4.78, 5) is 24.7. The second kappa shape index (κ2) is 12.5. The fourth-order valence-corrected chi connectivity index (χ4v) is 3.58. The molecular weight excluding hydrogens is 404 g/mol. The number of nitriles is 1. The molecule has 0 aromatic heterocycles. The number of hydrogen-bond donors (Lipinski definition) is 2. The van der Waals surface area contributed by atoms with E-state index in [1.165, 1.54) is 0 Å². The summed E-state index contributed by atoms with van der Waals surface area (Å²) in [5, 5.41) is 20.9. The van der Waals surface area contributed by atoms with Crippen LogP contribution in [0, 0.1) is 23.2 Å². The molecular formula is C26H32N2O4. The van der Waals surface area contributed by atoms with Gasteiger partial charge in [-0.25, -0.2) is 0 Å². The summed E-state index contributed by atoms with van der Waals surface area (Å²) in [5.41, 5.74) is 1.76. The zero-order valence-corrected chi connectivity index (χ0v) is 19.0. The molecule has 0 spiro atoms. The Kier molecular flexibility index (Phi) is 9.75. The van der Waals surface area contributed by atoms with Crippen molar-refractivity contribution >= 4 is 11.9 Å². The molecule has 2 atom stereocenters. The predicted molar refractivity (Wildman–Crippen MR) is 123 cm³/mol. The van der Waals surface area contributed by atoms with Crippen LogP contribution in [0.25, 0.3) is 0 Å². The maximum atomic E-state index is 13.0. The molecule has 0 aliphatic carbocycles. The first kappa shape index (κ1) is 24.9. The van der Waals surface area contributed by atoms with Crippen LogP contribution in [0.4, 0.5) is 0 Å². The Morgan fingerprint density at radius 2 is 1.88 bits per heavy atom. The number of ether oxygens (including phenoxy) is 1. The van der Waals surface area contributed by atoms with Crippen LogP contribution >= 0.6 is 0 Å². The van der Waals surface area contributed by atoms with Gasteiger partial charge in [0.25, 0.3) is 0 Å². The van der Waals surface area contributed by atoms with E-state index in [4.69, 9.17) is 10.00 Å². The van der Waals surface area contributed by atoms with Gasteiger partial charge in [0.05, 0.1) is 12.0 Å². The van der Waals surface area contributed by atoms with E-state index in [9.17, 15) is 14.7 Å². The van der Waals surface area contributed by atoms with Gasteiger partial charge < -0.3 is 15.2 Å². The van der Waals surface area contributed by atoms with Crippen LogP contribution in [-0.4, -0.2) is 23.5 Å². The van der Waals surface area contributed by atoms with Crippen LogP contribution in [0.5, 0.6) is 11.5 Å². The SMILES string of the molecule is CC(C)CC(C(=O)Oc1cccc(CCC(C)CC(=O)NCC#N)c1)c1cccc(O)c1. The Hall–Kier alpha value is -3.33. The molecule has 0 saturated heterocycles. The second-order valence-corrected chi connectivity index (χ2v) is 8.63. The van der Waals surface area contributed by atoms with Crippen molar-refractivity contribution in [3.63, 3.8) is 0 Å². The molecule has 0 aliphatic heterocycles. The van der Waals surface area contributed by atoms with Crippen molar-refractivity contribution in [2.24, 2.45) is 11.8 Å². The number of benzene rings is 2. The van der Waals surface area contributed by atoms with Crippen molar-refractivity contribution in [2.75, 3.05) is 6.54 Å². The van der Waals surface area contributed by atoms with E-state index in [0.717, 1.165) is 24.0 Å². The highest BCUT2D eigenvalue weighted by atomic mass is 16.5. The van der Waals surface area contributed by atoms with E-state index in [0.29, 0.717) is 18.6 Å². The number of amides is 1. The highest BCUT2D eigenvalue weighted by Crippen LogP contribution is 2.29. The lowest BCUT2D eigenvalue weighted by Crippen LogP contribution is -2.25. The van der Waals surface area contributed by atoms with E-state index >= 15 is 0 Å². The minimum absolute atomic E-state index is 0.0272. The smallest absolute Gasteiger partial charge is 0.318 e. The molecule has 2 unspecified atom stereocenters. The van der Waals surface area contributed by atoms with Gasteiger partial charge in [0.2, 0.25) is 5.91 Å². The van der Waals surface area contributed by atoms with Gasteiger partial charge in [-0.3, -0.25) is 9.59 Å². The topological polar surface area (TPSA) is 99.4 Å². The molecule has 2 aromatic carbocycles. The number of nitrogens with zero attached hydrogens (tertiary/aromatic N) is 1. The second-order valence-electron chi connectivity index (χ2n) is 8.63. The molecule has 0 heterocycles. The molecule has 6 heteroatoms. The van der Waals surface area contributed by atoms with E-state index < -0.39 is 5.92 Å². The third kappa shape index (κ3) is 8.43. The number of phenolic OH excluding ortho intramolecular Hbond substituents is 1. The summed E-state index contributed by atoms with van der Waals surface area (Å²) < 4.78 is 5.71. The van der Waals surface area contributed by atoms with E-state index in [1.54, 1.807) is 24.3 Å². The molecule has 2 aromatic rings. The normalized spacial score (nSPS) is 12.6. The predicted octanol–water partition coefficient (Wildman–Crippen LogP) is 4.73. The van der Waals surface area contributed by atoms with Crippen molar-refractivity contribution in [3.05, 3.63) is 59.7 Å². The lowest BCUT2D eigenvalue weighted by Gasteiger charge is -2.19. The molecule has 32 heavy (non-hydrogen) atoms. The zero-order valence-electron chi connectivity index (χ0n) is 19.0. The van der Waals surface area contributed by atoms with Gasteiger partial charge in [0.15, 0.2) is 0 Å². The number of phenols is 1. The number of esters is 1. The number of hydrogen-bond acceptors (Lipinski definition) is 5. The van der Waals surface area contributed by atoms with E-state index in [-0.39, 0.29) is 36.0 Å². The molecule has 2 rings (SSSR count). The molecule has 0 bridgehead atoms. The first-order valence-corrected chi connectivity index (χ1v) is 11.0. The van der Waals surface area contributed by atoms with Crippen LogP contribution < -0.4 is 10.1 Å². The Morgan fingerprint density at radius 3 is 2.56 bits per heavy atom. The van der Waals surface area contributed by atoms with Gasteiger partial charge >= 0.3 is 5.97 Å². The first-order valence-electron chi connectivity index (χ1n) is 11.0. The minimum Gasteiger partial charge on any atom is -0.508 e. The van der Waals surface area contributed by atoms with E-state index in [1.807, 2.05) is 51.1 Å². The lowest BCUT2D eigenvalue weighted by molar-refractivity contribution is -0.136. The average Bonchev–Trinajstić information content (AvgIpc) is 2.74. The van der Waals surface area contributed by atoms with Crippen molar-refractivity contribution in [3.8, 4) is 17.6 Å². The summed E-state index contributed by atoms with van der Waals surface area (Å²) >= 11 is 0. The molecule has 170 valence electrons. The van der Waals surface area contributed by atoms with Gasteiger partial charge in [-0.1, -0.05) is 45.0 Å². The van der Waals surface area contributed by atoms with Crippen molar-refractivity contribution in [1.29, 1.82) is 5.26 Å². The van der Waals surface area contributed by atoms with Crippen molar-refractivity contribution in [1.82, 2.24) is 5.32 Å². The van der Waals surface area contributed by atoms with Crippen LogP contribution in [0.2, 0.25) is 0 Å². The highest BCUT2D eigenvalue weighted by Gasteiger charge is 2.24. The van der Waals surface area contributed by atoms with Crippen LogP contribution in [-0.2, 0) is 16.0 Å². The van der Waals surface area contributed by atoms with Gasteiger partial charge in [0, 0.05) is 6.42 Å². The van der Waals surface area contributed by atoms with Crippen LogP contribution in [0.3, 0.4) is 0 Å². The standard InChI is InChI=1S/C26H32N2O4/c1-18(2)14-24(21-7-5-8-22(29)17-21)26(31)32-23-9-4-6-20(16-23)11-10-19(3)15-25(30)28-13-12-27/h4-9,16-19,24,29H,10-11,13-15H2,1-3H3,(H,28,30). The van der Waals surface area contributed by atoms with Gasteiger partial charge in [-0.2, -0.15) is 5.26 Å². The average molecular weight is 437 g/mol. The Morgan fingerprint density at radius 1 is 1.12 bits per heavy atom. The van der Waals surface area contributed by atoms with Crippen molar-refractivity contribution in [2.45, 2.75) is 52.4 Å². The van der Waals surface area contributed by atoms with E-state index in [2.05, 4.69) is 5.32 Å². The molecule has 2 N–H and O–H groups in total. The summed E-state index contributed by atoms with van der Waals surface area (Å²) in [7, 11) is 0. The quantitative estimate of drug-likeness (QED) is 0.301. The number of carbonyl (C=O) groups is 2. The Balaban J connectivity index is 2.00. The van der Waals surface area contributed by atoms with Crippen molar-refractivity contribution < 1.29 is 19.4 Å². The molecule has 1 amide bonds. The number of aromatic hydroxyl groups is 1. The Labute approximate surface area is 190 Å². The highest BCUT2D eigenvalue weighted by molar-refractivity contribution is 5.80. The first-order chi connectivity index (χ1) is 15.3. The largest absolute Gasteiger partial charge is 0.508 e. The number of aryl methyl sites for hydroxylation is 1. The molecule has 0 fully saturated rings. The number of nitrogens with one attached hydrogen (secondary N) is 1. The minimum atomic E-state index is -0.460. The summed E-state index contributed by atoms with van der Waals surface area (Å²) in [6.45, 7) is 6.12. The fourth-order valence-electron chi connectivity index (χ4n) is 3.58. The van der Waals surface area contributed by atoms with Crippen LogP contribution in [0.1, 0.15) is 57.1 Å². The van der Waals surface area contributed by atoms with Gasteiger partial charge in [0.1, 0.15) is 18.0 Å². The van der Waals surface area contributed by atoms with Gasteiger partial charge in [-0.15, -0.1) is 0 Å². The lowest BCUT2D eigenvalue weighted by atomic mass is 9.90.